The lowest BCUT2D eigenvalue weighted by Crippen LogP contribution is -2.57. The number of pyridine rings is 1. The fourth-order valence-electron chi connectivity index (χ4n) is 4.07. The van der Waals surface area contributed by atoms with Crippen LogP contribution in [0.25, 0.3) is 22.3 Å². The first-order valence-corrected chi connectivity index (χ1v) is 10.4. The maximum absolute atomic E-state index is 13.7. The lowest BCUT2D eigenvalue weighted by Gasteiger charge is -2.38. The molecule has 152 valence electrons. The third-order valence-electron chi connectivity index (χ3n) is 6.00. The van der Waals surface area contributed by atoms with Crippen LogP contribution in [0.5, 0.6) is 0 Å². The Bertz CT molecular complexity index is 1050. The van der Waals surface area contributed by atoms with Gasteiger partial charge in [-0.3, -0.25) is 4.79 Å². The van der Waals surface area contributed by atoms with Crippen LogP contribution in [-0.4, -0.2) is 50.7 Å². The molecule has 1 saturated heterocycles. The number of carbonyl (C=O) groups is 1. The van der Waals surface area contributed by atoms with Crippen LogP contribution in [0.15, 0.2) is 36.5 Å². The van der Waals surface area contributed by atoms with Crippen LogP contribution in [0.3, 0.4) is 0 Å². The molecule has 6 heteroatoms. The van der Waals surface area contributed by atoms with E-state index in [0.29, 0.717) is 12.1 Å². The lowest BCUT2D eigenvalue weighted by atomic mass is 10.0. The maximum atomic E-state index is 13.7. The summed E-state index contributed by atoms with van der Waals surface area (Å²) >= 11 is 0. The lowest BCUT2D eigenvalue weighted by molar-refractivity contribution is 0.0605. The maximum Gasteiger partial charge on any atom is 0.255 e. The molecule has 0 aliphatic carbocycles. The van der Waals surface area contributed by atoms with Crippen LogP contribution >= 0.6 is 0 Å². The van der Waals surface area contributed by atoms with E-state index in [-0.39, 0.29) is 24.0 Å². The minimum atomic E-state index is 0.0522. The highest BCUT2D eigenvalue weighted by atomic mass is 16.2. The van der Waals surface area contributed by atoms with Gasteiger partial charge in [-0.15, -0.1) is 0 Å². The highest BCUT2D eigenvalue weighted by Gasteiger charge is 2.30. The van der Waals surface area contributed by atoms with E-state index in [0.717, 1.165) is 34.4 Å². The Balaban J connectivity index is 1.90. The molecule has 1 amide bonds. The van der Waals surface area contributed by atoms with E-state index < -0.39 is 0 Å². The summed E-state index contributed by atoms with van der Waals surface area (Å²) in [4.78, 5) is 20.6. The van der Waals surface area contributed by atoms with Crippen molar-refractivity contribution in [3.05, 3.63) is 47.7 Å². The van der Waals surface area contributed by atoms with Gasteiger partial charge in [0.25, 0.3) is 5.91 Å². The molecule has 1 aliphatic heterocycles. The van der Waals surface area contributed by atoms with Crippen molar-refractivity contribution in [3.8, 4) is 11.3 Å². The third kappa shape index (κ3) is 3.42. The van der Waals surface area contributed by atoms with Gasteiger partial charge in [-0.25, -0.2) is 9.67 Å². The number of amides is 1. The molecule has 1 aliphatic rings. The standard InChI is InChI=1S/C23H29N5O/c1-14(2)28-22-20(13-25-28)19(23(29)27-11-10-24-16(4)17(27)5)12-21(26-22)18-9-7-6-8-15(18)3/h6-9,12-14,16-17,24H,10-11H2,1-5H3. The summed E-state index contributed by atoms with van der Waals surface area (Å²) in [7, 11) is 0. The van der Waals surface area contributed by atoms with Gasteiger partial charge in [0.2, 0.25) is 0 Å². The van der Waals surface area contributed by atoms with E-state index in [4.69, 9.17) is 4.98 Å². The third-order valence-corrected chi connectivity index (χ3v) is 6.00. The molecule has 0 radical (unpaired) electrons. The van der Waals surface area contributed by atoms with Gasteiger partial charge in [-0.1, -0.05) is 24.3 Å². The zero-order chi connectivity index (χ0) is 20.7. The number of aryl methyl sites for hydroxylation is 1. The molecule has 1 aromatic carbocycles. The van der Waals surface area contributed by atoms with Gasteiger partial charge in [0.05, 0.1) is 22.8 Å². The minimum Gasteiger partial charge on any atom is -0.333 e. The van der Waals surface area contributed by atoms with Gasteiger partial charge in [0, 0.05) is 36.8 Å². The van der Waals surface area contributed by atoms with E-state index in [1.165, 1.54) is 0 Å². The first-order chi connectivity index (χ1) is 13.9. The summed E-state index contributed by atoms with van der Waals surface area (Å²) in [6.45, 7) is 12.0. The van der Waals surface area contributed by atoms with Crippen molar-refractivity contribution in [1.29, 1.82) is 0 Å². The second kappa shape index (κ2) is 7.59. The summed E-state index contributed by atoms with van der Waals surface area (Å²) in [5.41, 5.74) is 4.44. The van der Waals surface area contributed by atoms with Gasteiger partial charge >= 0.3 is 0 Å². The fourth-order valence-corrected chi connectivity index (χ4v) is 4.07. The van der Waals surface area contributed by atoms with E-state index in [9.17, 15) is 4.79 Å². The first-order valence-electron chi connectivity index (χ1n) is 10.4. The van der Waals surface area contributed by atoms with Crippen LogP contribution < -0.4 is 5.32 Å². The number of carbonyl (C=O) groups excluding carboxylic acids is 1. The zero-order valence-electron chi connectivity index (χ0n) is 17.8. The Morgan fingerprint density at radius 3 is 2.72 bits per heavy atom. The van der Waals surface area contributed by atoms with E-state index in [1.807, 2.05) is 27.8 Å². The summed E-state index contributed by atoms with van der Waals surface area (Å²) in [5.74, 6) is 0.0522. The number of piperazine rings is 1. The largest absolute Gasteiger partial charge is 0.333 e. The smallest absolute Gasteiger partial charge is 0.255 e. The molecule has 0 spiro atoms. The van der Waals surface area contributed by atoms with Crippen LogP contribution in [0, 0.1) is 6.92 Å². The van der Waals surface area contributed by atoms with E-state index in [2.05, 4.69) is 57.2 Å². The molecule has 0 bridgehead atoms. The fraction of sp³-hybridized carbons (Fsp3) is 0.435. The number of benzene rings is 1. The van der Waals surface area contributed by atoms with Gasteiger partial charge in [0.15, 0.2) is 5.65 Å². The molecule has 3 aromatic rings. The van der Waals surface area contributed by atoms with Gasteiger partial charge in [-0.2, -0.15) is 5.10 Å². The van der Waals surface area contributed by atoms with Crippen molar-refractivity contribution in [2.24, 2.45) is 0 Å². The summed E-state index contributed by atoms with van der Waals surface area (Å²) < 4.78 is 1.90. The molecule has 2 unspecified atom stereocenters. The minimum absolute atomic E-state index is 0.0522. The predicted octanol–water partition coefficient (Wildman–Crippen LogP) is 3.81. The van der Waals surface area contributed by atoms with Gasteiger partial charge in [0.1, 0.15) is 0 Å². The van der Waals surface area contributed by atoms with Crippen molar-refractivity contribution in [3.63, 3.8) is 0 Å². The first kappa shape index (κ1) is 19.6. The SMILES string of the molecule is Cc1ccccc1-c1cc(C(=O)N2CCNC(C)C2C)c2cnn(C(C)C)c2n1. The van der Waals surface area contributed by atoms with Crippen molar-refractivity contribution >= 4 is 16.9 Å². The Morgan fingerprint density at radius 1 is 1.24 bits per heavy atom. The summed E-state index contributed by atoms with van der Waals surface area (Å²) in [6, 6.07) is 10.7. The van der Waals surface area contributed by atoms with Crippen molar-refractivity contribution in [2.45, 2.75) is 52.7 Å². The molecule has 4 rings (SSSR count). The normalized spacial score (nSPS) is 19.9. The number of hydrogen-bond acceptors (Lipinski definition) is 4. The number of hydrogen-bond donors (Lipinski definition) is 1. The van der Waals surface area contributed by atoms with Gasteiger partial charge in [-0.05, 0) is 46.2 Å². The zero-order valence-corrected chi connectivity index (χ0v) is 17.8. The molecule has 1 fully saturated rings. The summed E-state index contributed by atoms with van der Waals surface area (Å²) in [5, 5.41) is 8.81. The van der Waals surface area contributed by atoms with Crippen LogP contribution in [0.4, 0.5) is 0 Å². The van der Waals surface area contributed by atoms with Crippen LogP contribution in [-0.2, 0) is 0 Å². The molecule has 2 aromatic heterocycles. The van der Waals surface area contributed by atoms with Crippen LogP contribution in [0.2, 0.25) is 0 Å². The topological polar surface area (TPSA) is 63.1 Å². The molecule has 2 atom stereocenters. The van der Waals surface area contributed by atoms with Crippen molar-refractivity contribution in [1.82, 2.24) is 25.0 Å². The molecule has 29 heavy (non-hydrogen) atoms. The Labute approximate surface area is 171 Å². The molecular formula is C23H29N5O. The molecular weight excluding hydrogens is 362 g/mol. The van der Waals surface area contributed by atoms with Crippen molar-refractivity contribution in [2.75, 3.05) is 13.1 Å². The van der Waals surface area contributed by atoms with E-state index >= 15 is 0 Å². The number of nitrogens with one attached hydrogen (secondary N) is 1. The molecule has 6 nitrogen and oxygen atoms in total. The average Bonchev–Trinajstić information content (AvgIpc) is 3.13. The monoisotopic (exact) mass is 391 g/mol. The average molecular weight is 392 g/mol. The summed E-state index contributed by atoms with van der Waals surface area (Å²) in [6.07, 6.45) is 1.79. The highest BCUT2D eigenvalue weighted by Crippen LogP contribution is 2.29. The Kier molecular flexibility index (Phi) is 5.13. The molecule has 3 heterocycles. The number of fused-ring (bicyclic) bond motifs is 1. The van der Waals surface area contributed by atoms with Gasteiger partial charge < -0.3 is 10.2 Å². The molecule has 1 N–H and O–H groups in total. The number of rotatable bonds is 3. The Morgan fingerprint density at radius 2 is 2.00 bits per heavy atom. The highest BCUT2D eigenvalue weighted by molar-refractivity contribution is 6.06. The quantitative estimate of drug-likeness (QED) is 0.737. The Hall–Kier alpha value is -2.73. The number of aromatic nitrogens is 3. The number of nitrogens with zero attached hydrogens (tertiary/aromatic N) is 4. The van der Waals surface area contributed by atoms with Crippen molar-refractivity contribution < 1.29 is 4.79 Å². The van der Waals surface area contributed by atoms with Crippen LogP contribution in [0.1, 0.15) is 49.7 Å². The second-order valence-electron chi connectivity index (χ2n) is 8.27. The van der Waals surface area contributed by atoms with E-state index in [1.54, 1.807) is 6.20 Å². The predicted molar refractivity (Wildman–Crippen MR) is 116 cm³/mol. The second-order valence-corrected chi connectivity index (χ2v) is 8.27. The molecule has 0 saturated carbocycles.